The second-order valence-electron chi connectivity index (χ2n) is 6.04. The highest BCUT2D eigenvalue weighted by Crippen LogP contribution is 2.37. The van der Waals surface area contributed by atoms with E-state index in [1.165, 1.54) is 6.20 Å². The average Bonchev–Trinajstić information content (AvgIpc) is 2.47. The lowest BCUT2D eigenvalue weighted by molar-refractivity contribution is 0.00578. The minimum absolute atomic E-state index is 0.0494. The minimum Gasteiger partial charge on any atom is -0.507 e. The first-order valence-electron chi connectivity index (χ1n) is 6.44. The summed E-state index contributed by atoms with van der Waals surface area (Å²) in [6, 6.07) is -0.256. The van der Waals surface area contributed by atoms with Crippen molar-refractivity contribution in [1.29, 1.82) is 0 Å². The quantitative estimate of drug-likeness (QED) is 0.782. The summed E-state index contributed by atoms with van der Waals surface area (Å²) in [5.41, 5.74) is 6.32. The molecular weight excluding hydrogens is 243 g/mol. The monoisotopic (exact) mass is 264 g/mol. The molecule has 0 bridgehead atoms. The highest BCUT2D eigenvalue weighted by molar-refractivity contribution is 6.63. The number of aromatic hydroxyl groups is 1. The van der Waals surface area contributed by atoms with Crippen molar-refractivity contribution in [2.45, 2.75) is 51.9 Å². The van der Waals surface area contributed by atoms with Crippen molar-refractivity contribution in [1.82, 2.24) is 4.98 Å². The normalized spacial score (nSPS) is 22.5. The smallest absolute Gasteiger partial charge is 0.499 e. The van der Waals surface area contributed by atoms with Crippen molar-refractivity contribution in [3.05, 3.63) is 18.0 Å². The molecule has 1 aromatic rings. The summed E-state index contributed by atoms with van der Waals surface area (Å²) < 4.78 is 11.9. The van der Waals surface area contributed by atoms with Gasteiger partial charge in [-0.05, 0) is 40.2 Å². The third-order valence-electron chi connectivity index (χ3n) is 3.98. The number of nitrogens with zero attached hydrogens (tertiary/aromatic N) is 1. The highest BCUT2D eigenvalue weighted by Gasteiger charge is 2.53. The van der Waals surface area contributed by atoms with E-state index in [9.17, 15) is 5.11 Å². The van der Waals surface area contributed by atoms with Gasteiger partial charge >= 0.3 is 7.12 Å². The summed E-state index contributed by atoms with van der Waals surface area (Å²) in [6.45, 7) is 9.71. The third-order valence-corrected chi connectivity index (χ3v) is 3.98. The maximum atomic E-state index is 10.1. The van der Waals surface area contributed by atoms with Crippen molar-refractivity contribution in [3.8, 4) is 5.75 Å². The first kappa shape index (κ1) is 14.3. The lowest BCUT2D eigenvalue weighted by Gasteiger charge is -2.32. The highest BCUT2D eigenvalue weighted by atomic mass is 16.7. The zero-order chi connectivity index (χ0) is 14.4. The van der Waals surface area contributed by atoms with Gasteiger partial charge in [0.2, 0.25) is 0 Å². The van der Waals surface area contributed by atoms with E-state index in [2.05, 4.69) is 4.98 Å². The number of hydrogen-bond donors (Lipinski definition) is 2. The standard InChI is InChI=1S/C13H21BN2O3/c1-8(15)9-6-16-7-10(17)11(9)14-18-12(2,3)13(4,5)19-14/h6-8,17H,15H2,1-5H3. The largest absolute Gasteiger partial charge is 0.507 e. The molecule has 2 rings (SSSR count). The topological polar surface area (TPSA) is 77.6 Å². The Labute approximate surface area is 114 Å². The van der Waals surface area contributed by atoms with E-state index >= 15 is 0 Å². The molecule has 5 nitrogen and oxygen atoms in total. The Bertz CT molecular complexity index is 473. The summed E-state index contributed by atoms with van der Waals surface area (Å²) >= 11 is 0. The molecule has 0 aromatic carbocycles. The Morgan fingerprint density at radius 3 is 2.21 bits per heavy atom. The van der Waals surface area contributed by atoms with Gasteiger partial charge in [0.1, 0.15) is 5.75 Å². The lowest BCUT2D eigenvalue weighted by Crippen LogP contribution is -2.41. The third kappa shape index (κ3) is 2.36. The molecule has 0 radical (unpaired) electrons. The number of aromatic nitrogens is 1. The number of hydrogen-bond acceptors (Lipinski definition) is 5. The summed E-state index contributed by atoms with van der Waals surface area (Å²) in [6.07, 6.45) is 3.02. The van der Waals surface area contributed by atoms with E-state index in [4.69, 9.17) is 15.0 Å². The maximum absolute atomic E-state index is 10.1. The molecule has 1 saturated heterocycles. The van der Waals surface area contributed by atoms with Crippen LogP contribution in [-0.2, 0) is 9.31 Å². The number of pyridine rings is 1. The molecule has 0 spiro atoms. The van der Waals surface area contributed by atoms with Crippen molar-refractivity contribution in [2.24, 2.45) is 5.73 Å². The van der Waals surface area contributed by atoms with Gasteiger partial charge < -0.3 is 20.1 Å². The van der Waals surface area contributed by atoms with E-state index in [0.717, 1.165) is 5.56 Å². The van der Waals surface area contributed by atoms with E-state index in [-0.39, 0.29) is 11.8 Å². The van der Waals surface area contributed by atoms with Crippen molar-refractivity contribution >= 4 is 12.6 Å². The second kappa shape index (κ2) is 4.47. The zero-order valence-corrected chi connectivity index (χ0v) is 12.1. The molecule has 1 aromatic heterocycles. The SMILES string of the molecule is CC(N)c1cncc(O)c1B1OC(C)(C)C(C)(C)O1. The minimum atomic E-state index is -0.631. The maximum Gasteiger partial charge on any atom is 0.499 e. The van der Waals surface area contributed by atoms with Crippen molar-refractivity contribution in [3.63, 3.8) is 0 Å². The first-order chi connectivity index (χ1) is 8.66. The van der Waals surface area contributed by atoms with Gasteiger partial charge in [-0.25, -0.2) is 0 Å². The van der Waals surface area contributed by atoms with Gasteiger partial charge in [0, 0.05) is 17.7 Å². The van der Waals surface area contributed by atoms with Gasteiger partial charge in [0.15, 0.2) is 0 Å². The van der Waals surface area contributed by atoms with E-state index in [1.807, 2.05) is 34.6 Å². The molecule has 6 heteroatoms. The van der Waals surface area contributed by atoms with Crippen molar-refractivity contribution < 1.29 is 14.4 Å². The van der Waals surface area contributed by atoms with E-state index in [1.54, 1.807) is 6.20 Å². The van der Waals surface area contributed by atoms with Gasteiger partial charge in [-0.1, -0.05) is 0 Å². The van der Waals surface area contributed by atoms with Gasteiger partial charge in [-0.3, -0.25) is 4.98 Å². The van der Waals surface area contributed by atoms with Crippen LogP contribution in [0.3, 0.4) is 0 Å². The predicted molar refractivity (Wildman–Crippen MR) is 74.2 cm³/mol. The number of nitrogens with two attached hydrogens (primary N) is 1. The molecule has 1 unspecified atom stereocenters. The Balaban J connectivity index is 2.45. The number of rotatable bonds is 2. The summed E-state index contributed by atoms with van der Waals surface area (Å²) in [5.74, 6) is 0.0494. The predicted octanol–water partition coefficient (Wildman–Crippen LogP) is 1.11. The lowest BCUT2D eigenvalue weighted by atomic mass is 9.74. The molecule has 1 aliphatic rings. The Morgan fingerprint density at radius 2 is 1.74 bits per heavy atom. The molecule has 19 heavy (non-hydrogen) atoms. The summed E-state index contributed by atoms with van der Waals surface area (Å²) in [5, 5.41) is 10.1. The summed E-state index contributed by atoms with van der Waals surface area (Å²) in [4.78, 5) is 3.97. The molecule has 1 fully saturated rings. The Morgan fingerprint density at radius 1 is 1.21 bits per heavy atom. The fourth-order valence-electron chi connectivity index (χ4n) is 2.06. The summed E-state index contributed by atoms with van der Waals surface area (Å²) in [7, 11) is -0.631. The van der Waals surface area contributed by atoms with Crippen LogP contribution in [0.1, 0.15) is 46.2 Å². The van der Waals surface area contributed by atoms with Crippen LogP contribution in [0.4, 0.5) is 0 Å². The van der Waals surface area contributed by atoms with E-state index < -0.39 is 18.3 Å². The van der Waals surface area contributed by atoms with Gasteiger partial charge in [-0.15, -0.1) is 0 Å². The van der Waals surface area contributed by atoms with E-state index in [0.29, 0.717) is 5.46 Å². The molecule has 1 aliphatic heterocycles. The molecular formula is C13H21BN2O3. The van der Waals surface area contributed by atoms with Crippen LogP contribution in [0.15, 0.2) is 12.4 Å². The fourth-order valence-corrected chi connectivity index (χ4v) is 2.06. The first-order valence-corrected chi connectivity index (χ1v) is 6.44. The van der Waals surface area contributed by atoms with Crippen LogP contribution in [0.5, 0.6) is 5.75 Å². The molecule has 0 aliphatic carbocycles. The Kier molecular flexibility index (Phi) is 3.37. The molecule has 2 heterocycles. The van der Waals surface area contributed by atoms with Crippen LogP contribution in [0.25, 0.3) is 0 Å². The van der Waals surface area contributed by atoms with Crippen LogP contribution < -0.4 is 11.2 Å². The zero-order valence-electron chi connectivity index (χ0n) is 12.1. The van der Waals surface area contributed by atoms with Crippen LogP contribution in [-0.4, -0.2) is 28.4 Å². The molecule has 104 valence electrons. The Hall–Kier alpha value is -1.11. The average molecular weight is 264 g/mol. The van der Waals surface area contributed by atoms with Gasteiger partial charge in [0.05, 0.1) is 17.4 Å². The van der Waals surface area contributed by atoms with Crippen LogP contribution in [0, 0.1) is 0 Å². The second-order valence-corrected chi connectivity index (χ2v) is 6.04. The molecule has 3 N–H and O–H groups in total. The van der Waals surface area contributed by atoms with Crippen molar-refractivity contribution in [2.75, 3.05) is 0 Å². The van der Waals surface area contributed by atoms with Crippen LogP contribution >= 0.6 is 0 Å². The van der Waals surface area contributed by atoms with Crippen LogP contribution in [0.2, 0.25) is 0 Å². The van der Waals surface area contributed by atoms with Gasteiger partial charge in [0.25, 0.3) is 0 Å². The molecule has 0 saturated carbocycles. The molecule has 0 amide bonds. The molecule has 1 atom stereocenters. The van der Waals surface area contributed by atoms with Gasteiger partial charge in [-0.2, -0.15) is 0 Å². The fraction of sp³-hybridized carbons (Fsp3) is 0.615.